The number of hydrogen-bond acceptors (Lipinski definition) is 5. The van der Waals surface area contributed by atoms with Crippen LogP contribution in [0.25, 0.3) is 49.1 Å². The molecule has 0 aliphatic rings. The molecule has 5 aromatic rings. The third-order valence-corrected chi connectivity index (χ3v) is 5.72. The van der Waals surface area contributed by atoms with Crippen LogP contribution in [-0.2, 0) is 20.6 Å². The summed E-state index contributed by atoms with van der Waals surface area (Å²) < 4.78 is 3.50. The minimum absolute atomic E-state index is 0.200. The summed E-state index contributed by atoms with van der Waals surface area (Å²) in [6, 6.07) is 11.3. The van der Waals surface area contributed by atoms with Crippen LogP contribution in [0, 0.1) is 6.57 Å². The average Bonchev–Trinajstić information content (AvgIpc) is 3.44. The Morgan fingerprint density at radius 2 is 1.82 bits per heavy atom. The van der Waals surface area contributed by atoms with Gasteiger partial charge in [0.1, 0.15) is 0 Å². The second-order valence-corrected chi connectivity index (χ2v) is 7.74. The molecule has 0 fully saturated rings. The zero-order valence-electron chi connectivity index (χ0n) is 18.1. The number of nitrogens with two attached hydrogens (primary N) is 1. The summed E-state index contributed by atoms with van der Waals surface area (Å²) in [6.45, 7) is 7.91. The van der Waals surface area contributed by atoms with Crippen molar-refractivity contribution >= 4 is 16.5 Å². The number of aryl methyl sites for hydroxylation is 2. The molecular formula is C24H20N8O. The Bertz CT molecular complexity index is 1620. The fourth-order valence-electron chi connectivity index (χ4n) is 4.08. The van der Waals surface area contributed by atoms with E-state index < -0.39 is 0 Å². The Labute approximate surface area is 188 Å². The molecule has 0 saturated carbocycles. The summed E-state index contributed by atoms with van der Waals surface area (Å²) in [5.41, 5.74) is 11.9. The first-order valence-corrected chi connectivity index (χ1v) is 10.2. The van der Waals surface area contributed by atoms with Crippen molar-refractivity contribution in [2.24, 2.45) is 19.8 Å². The minimum Gasteiger partial charge on any atom is -0.325 e. The topological polar surface area (TPSA) is 112 Å². The van der Waals surface area contributed by atoms with E-state index in [9.17, 15) is 4.79 Å². The number of benzene rings is 2. The van der Waals surface area contributed by atoms with Crippen LogP contribution in [0.5, 0.6) is 0 Å². The number of nitrogens with zero attached hydrogens (tertiary/aromatic N) is 6. The van der Waals surface area contributed by atoms with E-state index in [2.05, 4.69) is 25.2 Å². The molecule has 9 heteroatoms. The highest BCUT2D eigenvalue weighted by Crippen LogP contribution is 2.40. The molecular weight excluding hydrogens is 416 g/mol. The van der Waals surface area contributed by atoms with Gasteiger partial charge in [-0.15, -0.1) is 0 Å². The van der Waals surface area contributed by atoms with Gasteiger partial charge in [0.2, 0.25) is 0 Å². The highest BCUT2D eigenvalue weighted by atomic mass is 16.1. The first kappa shape index (κ1) is 20.4. The van der Waals surface area contributed by atoms with Crippen LogP contribution in [0.1, 0.15) is 5.69 Å². The van der Waals surface area contributed by atoms with E-state index in [-0.39, 0.29) is 12.1 Å². The van der Waals surface area contributed by atoms with Gasteiger partial charge in [0.15, 0.2) is 5.69 Å². The maximum Gasteiger partial charge on any atom is 0.272 e. The lowest BCUT2D eigenvalue weighted by atomic mass is 9.96. The number of hydrogen-bond donors (Lipinski definition) is 2. The van der Waals surface area contributed by atoms with Crippen molar-refractivity contribution in [2.45, 2.75) is 6.54 Å². The summed E-state index contributed by atoms with van der Waals surface area (Å²) in [4.78, 5) is 16.0. The largest absolute Gasteiger partial charge is 0.325 e. The SMILES string of the molecule is [C-]#[N+]c1ccc(-c2cnn(C)c2)cc1-c1c(-c2ccc3c(=O)[nH]nc(CN)c3c2)cnn1C. The van der Waals surface area contributed by atoms with Crippen molar-refractivity contribution in [1.29, 1.82) is 0 Å². The van der Waals surface area contributed by atoms with Crippen molar-refractivity contribution in [2.75, 3.05) is 0 Å². The highest BCUT2D eigenvalue weighted by Gasteiger charge is 2.18. The first-order valence-electron chi connectivity index (χ1n) is 10.2. The zero-order chi connectivity index (χ0) is 23.1. The Balaban J connectivity index is 1.73. The van der Waals surface area contributed by atoms with Gasteiger partial charge < -0.3 is 5.73 Å². The van der Waals surface area contributed by atoms with Crippen LogP contribution in [0.15, 0.2) is 59.8 Å². The standard InChI is InChI=1S/C24H20N8O/c1-26-21-7-5-14(16-11-27-31(2)13-16)8-19(21)23-20(12-28-32(23)3)15-4-6-17-18(9-15)22(10-25)29-30-24(17)33/h4-9,11-13H,10,25H2,2-3H3,(H,30,33). The molecule has 0 atom stereocenters. The summed E-state index contributed by atoms with van der Waals surface area (Å²) in [5, 5.41) is 16.5. The van der Waals surface area contributed by atoms with Gasteiger partial charge in [-0.2, -0.15) is 15.3 Å². The lowest BCUT2D eigenvalue weighted by Crippen LogP contribution is -2.13. The van der Waals surface area contributed by atoms with E-state index in [0.29, 0.717) is 22.2 Å². The van der Waals surface area contributed by atoms with E-state index in [1.807, 2.05) is 50.6 Å². The lowest BCUT2D eigenvalue weighted by molar-refractivity contribution is 0.768. The normalized spacial score (nSPS) is 11.1. The molecule has 0 amide bonds. The molecule has 5 rings (SSSR count). The van der Waals surface area contributed by atoms with Gasteiger partial charge in [0.25, 0.3) is 5.56 Å². The molecule has 33 heavy (non-hydrogen) atoms. The Morgan fingerprint density at radius 1 is 1.00 bits per heavy atom. The van der Waals surface area contributed by atoms with Gasteiger partial charge in [-0.05, 0) is 23.3 Å². The minimum atomic E-state index is -0.264. The second-order valence-electron chi connectivity index (χ2n) is 7.74. The molecule has 0 radical (unpaired) electrons. The number of rotatable bonds is 4. The van der Waals surface area contributed by atoms with Crippen molar-refractivity contribution < 1.29 is 0 Å². The number of aromatic nitrogens is 6. The lowest BCUT2D eigenvalue weighted by Gasteiger charge is -2.12. The first-order chi connectivity index (χ1) is 16.0. The molecule has 0 aliphatic heterocycles. The molecule has 9 nitrogen and oxygen atoms in total. The molecule has 0 bridgehead atoms. The van der Waals surface area contributed by atoms with Crippen molar-refractivity contribution in [3.63, 3.8) is 0 Å². The summed E-state index contributed by atoms with van der Waals surface area (Å²) in [7, 11) is 3.72. The van der Waals surface area contributed by atoms with Crippen molar-refractivity contribution in [1.82, 2.24) is 29.8 Å². The van der Waals surface area contributed by atoms with Crippen LogP contribution < -0.4 is 11.3 Å². The summed E-state index contributed by atoms with van der Waals surface area (Å²) in [5.74, 6) is 0. The van der Waals surface area contributed by atoms with Crippen LogP contribution in [0.3, 0.4) is 0 Å². The molecule has 2 aromatic carbocycles. The highest BCUT2D eigenvalue weighted by molar-refractivity contribution is 5.94. The van der Waals surface area contributed by atoms with Gasteiger partial charge >= 0.3 is 0 Å². The maximum absolute atomic E-state index is 12.2. The molecule has 0 spiro atoms. The fourth-order valence-corrected chi connectivity index (χ4v) is 4.08. The third kappa shape index (κ3) is 3.39. The van der Waals surface area contributed by atoms with E-state index in [0.717, 1.165) is 33.5 Å². The Hall–Kier alpha value is -4.55. The second kappa shape index (κ2) is 7.85. The smallest absolute Gasteiger partial charge is 0.272 e. The van der Waals surface area contributed by atoms with Gasteiger partial charge in [0.05, 0.1) is 35.7 Å². The quantitative estimate of drug-likeness (QED) is 0.420. The number of nitrogens with one attached hydrogen (secondary N) is 1. The van der Waals surface area contributed by atoms with Crippen molar-refractivity contribution in [3.05, 3.63) is 82.5 Å². The molecule has 3 heterocycles. The van der Waals surface area contributed by atoms with Crippen LogP contribution in [0.2, 0.25) is 0 Å². The monoisotopic (exact) mass is 436 g/mol. The third-order valence-electron chi connectivity index (χ3n) is 5.72. The number of aromatic amines is 1. The number of H-pyrrole nitrogens is 1. The predicted molar refractivity (Wildman–Crippen MR) is 126 cm³/mol. The van der Waals surface area contributed by atoms with Crippen LogP contribution >= 0.6 is 0 Å². The number of fused-ring (bicyclic) bond motifs is 1. The average molecular weight is 436 g/mol. The summed E-state index contributed by atoms with van der Waals surface area (Å²) >= 11 is 0. The van der Waals surface area contributed by atoms with Gasteiger partial charge in [0, 0.05) is 48.9 Å². The molecule has 0 saturated heterocycles. The fraction of sp³-hybridized carbons (Fsp3) is 0.125. The summed E-state index contributed by atoms with van der Waals surface area (Å²) in [6.07, 6.45) is 5.50. The molecule has 3 N–H and O–H groups in total. The van der Waals surface area contributed by atoms with E-state index in [1.165, 1.54) is 0 Å². The van der Waals surface area contributed by atoms with E-state index >= 15 is 0 Å². The van der Waals surface area contributed by atoms with E-state index in [4.69, 9.17) is 12.3 Å². The Kier molecular flexibility index (Phi) is 4.84. The predicted octanol–water partition coefficient (Wildman–Crippen LogP) is 3.40. The maximum atomic E-state index is 12.2. The van der Waals surface area contributed by atoms with Crippen LogP contribution in [-0.4, -0.2) is 29.8 Å². The molecule has 0 unspecified atom stereocenters. The van der Waals surface area contributed by atoms with Gasteiger partial charge in [-0.1, -0.05) is 24.3 Å². The van der Waals surface area contributed by atoms with Crippen LogP contribution in [0.4, 0.5) is 5.69 Å². The van der Waals surface area contributed by atoms with Gasteiger partial charge in [-0.25, -0.2) is 9.94 Å². The molecule has 162 valence electrons. The van der Waals surface area contributed by atoms with E-state index in [1.54, 1.807) is 27.8 Å². The van der Waals surface area contributed by atoms with Crippen molar-refractivity contribution in [3.8, 4) is 33.5 Å². The Morgan fingerprint density at radius 3 is 2.55 bits per heavy atom. The molecule has 3 aromatic heterocycles. The molecule has 0 aliphatic carbocycles. The zero-order valence-corrected chi connectivity index (χ0v) is 18.1. The van der Waals surface area contributed by atoms with Gasteiger partial charge in [-0.3, -0.25) is 14.2 Å².